The lowest BCUT2D eigenvalue weighted by molar-refractivity contribution is -0.275. The van der Waals surface area contributed by atoms with E-state index in [0.717, 1.165) is 58.6 Å². The molecule has 0 amide bonds. The van der Waals surface area contributed by atoms with Crippen LogP contribution in [-0.4, -0.2) is 57.3 Å². The lowest BCUT2D eigenvalue weighted by Crippen LogP contribution is -2.65. The zero-order valence-electron chi connectivity index (χ0n) is 41.6. The van der Waals surface area contributed by atoms with E-state index in [4.69, 9.17) is 37.9 Å². The van der Waals surface area contributed by atoms with Gasteiger partial charge in [0.15, 0.2) is 0 Å². The number of carbonyl (C=O) groups excluding carboxylic acids is 1. The van der Waals surface area contributed by atoms with E-state index in [2.05, 4.69) is 31.2 Å². The monoisotopic (exact) mass is 943 g/mol. The molecule has 9 nitrogen and oxygen atoms in total. The van der Waals surface area contributed by atoms with E-state index in [0.29, 0.717) is 26.2 Å². The molecule has 0 spiro atoms. The summed E-state index contributed by atoms with van der Waals surface area (Å²) in [5.74, 6) is 0.790. The maximum absolute atomic E-state index is 13.8. The molecule has 5 aromatic carbocycles. The van der Waals surface area contributed by atoms with Crippen LogP contribution in [0.5, 0.6) is 11.5 Å². The molecular weight excluding hydrogens is 865 g/mol. The standard InChI is InChI=1S/C60H78O9/c1-4-5-6-7-8-9-10-11-12-13-14-15-25-32-55(61)64-46-54-56(65-41-47-26-19-16-20-27-47)58(67-43-49-30-23-18-24-31-49)60(69-45-51-35-39-53(63-3)40-36-51)59(57(54)66-42-48-28-21-17-22-29-48)68-44-50-33-37-52(62-2)38-34-50/h16-24,26-31,33-40,54,56-60H,4-15,25,32,41-46H2,1-3H3/t54-,56+,57+,58+,59-,60-/m1/s1. The molecule has 6 rings (SSSR count). The molecule has 1 aliphatic carbocycles. The minimum absolute atomic E-state index is 0.0506. The summed E-state index contributed by atoms with van der Waals surface area (Å²) in [6.45, 7) is 3.73. The zero-order valence-corrected chi connectivity index (χ0v) is 41.6. The topological polar surface area (TPSA) is 90.9 Å². The van der Waals surface area contributed by atoms with Crippen molar-refractivity contribution in [2.24, 2.45) is 5.92 Å². The first kappa shape index (κ1) is 53.3. The van der Waals surface area contributed by atoms with Gasteiger partial charge in [0.1, 0.15) is 29.8 Å². The summed E-state index contributed by atoms with van der Waals surface area (Å²) in [5, 5.41) is 0. The average Bonchev–Trinajstić information content (AvgIpc) is 3.40. The van der Waals surface area contributed by atoms with Crippen molar-refractivity contribution in [2.75, 3.05) is 20.8 Å². The van der Waals surface area contributed by atoms with Crippen LogP contribution >= 0.6 is 0 Å². The highest BCUT2D eigenvalue weighted by atomic mass is 16.6. The second-order valence-electron chi connectivity index (χ2n) is 18.4. The number of carbonyl (C=O) groups is 1. The first-order valence-electron chi connectivity index (χ1n) is 25.7. The molecule has 5 aromatic rings. The van der Waals surface area contributed by atoms with Gasteiger partial charge in [0.25, 0.3) is 0 Å². The SMILES string of the molecule is CCCCCCCCCCCCCCCC(=O)OC[C@@H]1[C@H](OCc2ccccc2)[C@H](OCc2ccccc2)[C@@H](OCc2ccc(OC)cc2)[C@H](OCc2ccc(OC)cc2)[C@H]1OCc1ccccc1. The number of hydrogen-bond donors (Lipinski definition) is 0. The Labute approximate surface area is 413 Å². The van der Waals surface area contributed by atoms with E-state index >= 15 is 0 Å². The third-order valence-corrected chi connectivity index (χ3v) is 13.1. The molecule has 0 unspecified atom stereocenters. The number of esters is 1. The molecule has 0 radical (unpaired) electrons. The van der Waals surface area contributed by atoms with Gasteiger partial charge in [-0.2, -0.15) is 0 Å². The normalized spacial score (nSPS) is 19.0. The van der Waals surface area contributed by atoms with Gasteiger partial charge in [-0.05, 0) is 58.5 Å². The molecule has 6 atom stereocenters. The molecule has 69 heavy (non-hydrogen) atoms. The highest BCUT2D eigenvalue weighted by molar-refractivity contribution is 5.69. The molecule has 0 aromatic heterocycles. The summed E-state index contributed by atoms with van der Waals surface area (Å²) in [6, 6.07) is 46.1. The molecule has 372 valence electrons. The van der Waals surface area contributed by atoms with Gasteiger partial charge in [-0.1, -0.05) is 199 Å². The fraction of sp³-hybridized carbons (Fsp3) is 0.483. The smallest absolute Gasteiger partial charge is 0.305 e. The Morgan fingerprint density at radius 1 is 0.377 bits per heavy atom. The Morgan fingerprint density at radius 2 is 0.681 bits per heavy atom. The number of unbranched alkanes of at least 4 members (excludes halogenated alkanes) is 12. The molecule has 0 N–H and O–H groups in total. The second kappa shape index (κ2) is 31.2. The largest absolute Gasteiger partial charge is 0.497 e. The third-order valence-electron chi connectivity index (χ3n) is 13.1. The van der Waals surface area contributed by atoms with Gasteiger partial charge in [0, 0.05) is 6.42 Å². The lowest BCUT2D eigenvalue weighted by Gasteiger charge is -2.50. The minimum Gasteiger partial charge on any atom is -0.497 e. The molecule has 0 bridgehead atoms. The molecule has 0 aliphatic heterocycles. The summed E-state index contributed by atoms with van der Waals surface area (Å²) in [6.07, 6.45) is 13.1. The predicted octanol–water partition coefficient (Wildman–Crippen LogP) is 13.6. The zero-order chi connectivity index (χ0) is 48.1. The van der Waals surface area contributed by atoms with Gasteiger partial charge in [0.2, 0.25) is 0 Å². The van der Waals surface area contributed by atoms with Crippen LogP contribution in [-0.2, 0) is 66.3 Å². The molecule has 1 fully saturated rings. The van der Waals surface area contributed by atoms with Crippen molar-refractivity contribution in [3.63, 3.8) is 0 Å². The van der Waals surface area contributed by atoms with Gasteiger partial charge in [-0.25, -0.2) is 0 Å². The molecule has 1 aliphatic rings. The Morgan fingerprint density at radius 3 is 1.03 bits per heavy atom. The summed E-state index contributed by atoms with van der Waals surface area (Å²) in [5.41, 5.74) is 4.93. The summed E-state index contributed by atoms with van der Waals surface area (Å²) in [7, 11) is 3.32. The van der Waals surface area contributed by atoms with E-state index in [1.54, 1.807) is 14.2 Å². The fourth-order valence-corrected chi connectivity index (χ4v) is 9.11. The first-order chi connectivity index (χ1) is 34.0. The highest BCUT2D eigenvalue weighted by Gasteiger charge is 2.54. The number of methoxy groups -OCH3 is 2. The van der Waals surface area contributed by atoms with Gasteiger partial charge in [-0.3, -0.25) is 4.79 Å². The van der Waals surface area contributed by atoms with Crippen LogP contribution in [0.15, 0.2) is 140 Å². The van der Waals surface area contributed by atoms with E-state index in [-0.39, 0.29) is 25.8 Å². The Kier molecular flexibility index (Phi) is 24.1. The van der Waals surface area contributed by atoms with Crippen molar-refractivity contribution >= 4 is 5.97 Å². The van der Waals surface area contributed by atoms with Gasteiger partial charge >= 0.3 is 5.97 Å². The summed E-state index contributed by atoms with van der Waals surface area (Å²) in [4.78, 5) is 13.8. The third kappa shape index (κ3) is 18.7. The second-order valence-corrected chi connectivity index (χ2v) is 18.4. The van der Waals surface area contributed by atoms with Crippen LogP contribution in [0.3, 0.4) is 0 Å². The van der Waals surface area contributed by atoms with Crippen molar-refractivity contribution in [2.45, 2.75) is 160 Å². The number of ether oxygens (including phenoxy) is 8. The van der Waals surface area contributed by atoms with Crippen LogP contribution in [0, 0.1) is 5.92 Å². The van der Waals surface area contributed by atoms with Gasteiger partial charge in [0.05, 0.1) is 72.0 Å². The van der Waals surface area contributed by atoms with E-state index < -0.39 is 36.4 Å². The average molecular weight is 943 g/mol. The maximum atomic E-state index is 13.8. The van der Waals surface area contributed by atoms with Crippen molar-refractivity contribution in [1.29, 1.82) is 0 Å². The first-order valence-corrected chi connectivity index (χ1v) is 25.7. The van der Waals surface area contributed by atoms with Gasteiger partial charge < -0.3 is 37.9 Å². The lowest BCUT2D eigenvalue weighted by atomic mass is 9.77. The summed E-state index contributed by atoms with van der Waals surface area (Å²) >= 11 is 0. The van der Waals surface area contributed by atoms with Crippen molar-refractivity contribution in [3.8, 4) is 11.5 Å². The number of benzene rings is 5. The van der Waals surface area contributed by atoms with Crippen LogP contribution in [0.25, 0.3) is 0 Å². The molecule has 1 saturated carbocycles. The van der Waals surface area contributed by atoms with Gasteiger partial charge in [-0.15, -0.1) is 0 Å². The number of rotatable bonds is 33. The molecule has 9 heteroatoms. The Hall–Kier alpha value is -5.03. The Bertz CT molecular complexity index is 2080. The van der Waals surface area contributed by atoms with Crippen molar-refractivity contribution < 1.29 is 42.7 Å². The number of hydrogen-bond acceptors (Lipinski definition) is 9. The molecule has 0 saturated heterocycles. The minimum atomic E-state index is -0.687. The van der Waals surface area contributed by atoms with Crippen molar-refractivity contribution in [3.05, 3.63) is 167 Å². The molecule has 0 heterocycles. The quantitative estimate of drug-likeness (QED) is 0.0301. The van der Waals surface area contributed by atoms with Crippen LogP contribution in [0.4, 0.5) is 0 Å². The highest BCUT2D eigenvalue weighted by Crippen LogP contribution is 2.39. The van der Waals surface area contributed by atoms with E-state index in [1.807, 2.05) is 115 Å². The fourth-order valence-electron chi connectivity index (χ4n) is 9.11. The Balaban J connectivity index is 1.26. The van der Waals surface area contributed by atoms with E-state index in [1.165, 1.54) is 64.2 Å². The summed E-state index contributed by atoms with van der Waals surface area (Å²) < 4.78 is 52.6. The predicted molar refractivity (Wildman–Crippen MR) is 273 cm³/mol. The van der Waals surface area contributed by atoms with E-state index in [9.17, 15) is 4.79 Å². The molecular formula is C60H78O9. The van der Waals surface area contributed by atoms with Crippen LogP contribution in [0.2, 0.25) is 0 Å². The maximum Gasteiger partial charge on any atom is 0.305 e. The van der Waals surface area contributed by atoms with Crippen LogP contribution < -0.4 is 9.47 Å². The van der Waals surface area contributed by atoms with Crippen molar-refractivity contribution in [1.82, 2.24) is 0 Å². The van der Waals surface area contributed by atoms with Crippen LogP contribution in [0.1, 0.15) is 125 Å².